The Bertz CT molecular complexity index is 854. The van der Waals surface area contributed by atoms with E-state index in [1.807, 2.05) is 65.9 Å². The number of hydrogen-bond donors (Lipinski definition) is 0. The molecular weight excluding hydrogens is 354 g/mol. The molecule has 3 aromatic rings. The smallest absolute Gasteiger partial charge is 0.268 e. The first-order valence-electron chi connectivity index (χ1n) is 9.24. The maximum absolute atomic E-state index is 13.1. The maximum atomic E-state index is 13.1. The molecule has 0 fully saturated rings. The van der Waals surface area contributed by atoms with E-state index in [-0.39, 0.29) is 5.91 Å². The van der Waals surface area contributed by atoms with Crippen molar-refractivity contribution in [2.24, 2.45) is 0 Å². The number of carbonyl (C=O) groups is 1. The third-order valence-corrected chi connectivity index (χ3v) is 5.42. The zero-order chi connectivity index (χ0) is 19.2. The Morgan fingerprint density at radius 3 is 2.33 bits per heavy atom. The SMILES string of the molecule is CCN(CC)c1ccc(CN(C(=O)c2cccs2)c2ccc(C)cc2)cn1. The van der Waals surface area contributed by atoms with Crippen molar-refractivity contribution in [1.29, 1.82) is 0 Å². The molecule has 0 saturated carbocycles. The van der Waals surface area contributed by atoms with Gasteiger partial charge in [-0.15, -0.1) is 11.3 Å². The molecule has 0 aliphatic rings. The Balaban J connectivity index is 1.87. The molecule has 4 nitrogen and oxygen atoms in total. The van der Waals surface area contributed by atoms with Crippen LogP contribution in [0.4, 0.5) is 11.5 Å². The van der Waals surface area contributed by atoms with Crippen LogP contribution in [0.15, 0.2) is 60.1 Å². The molecule has 0 atom stereocenters. The van der Waals surface area contributed by atoms with Gasteiger partial charge in [0.15, 0.2) is 0 Å². The summed E-state index contributed by atoms with van der Waals surface area (Å²) < 4.78 is 0. The van der Waals surface area contributed by atoms with Gasteiger partial charge < -0.3 is 9.80 Å². The van der Waals surface area contributed by atoms with E-state index in [1.54, 1.807) is 0 Å². The molecule has 0 unspecified atom stereocenters. The lowest BCUT2D eigenvalue weighted by molar-refractivity contribution is 0.0989. The first kappa shape index (κ1) is 19.1. The fourth-order valence-electron chi connectivity index (χ4n) is 2.97. The highest BCUT2D eigenvalue weighted by atomic mass is 32.1. The van der Waals surface area contributed by atoms with Crippen molar-refractivity contribution < 1.29 is 4.79 Å². The van der Waals surface area contributed by atoms with Crippen LogP contribution in [0.5, 0.6) is 0 Å². The van der Waals surface area contributed by atoms with E-state index in [2.05, 4.69) is 29.8 Å². The van der Waals surface area contributed by atoms with Gasteiger partial charge in [-0.3, -0.25) is 4.79 Å². The Hall–Kier alpha value is -2.66. The van der Waals surface area contributed by atoms with Crippen molar-refractivity contribution in [1.82, 2.24) is 4.98 Å². The monoisotopic (exact) mass is 379 g/mol. The second-order valence-corrected chi connectivity index (χ2v) is 7.35. The van der Waals surface area contributed by atoms with E-state index in [0.29, 0.717) is 6.54 Å². The summed E-state index contributed by atoms with van der Waals surface area (Å²) in [4.78, 5) is 22.4. The summed E-state index contributed by atoms with van der Waals surface area (Å²) in [7, 11) is 0. The number of nitrogens with zero attached hydrogens (tertiary/aromatic N) is 3. The van der Waals surface area contributed by atoms with E-state index in [9.17, 15) is 4.79 Å². The normalized spacial score (nSPS) is 10.6. The highest BCUT2D eigenvalue weighted by Crippen LogP contribution is 2.23. The zero-order valence-corrected chi connectivity index (χ0v) is 16.9. The molecule has 1 amide bonds. The molecular formula is C22H25N3OS. The number of aromatic nitrogens is 1. The lowest BCUT2D eigenvalue weighted by Gasteiger charge is -2.23. The molecule has 5 heteroatoms. The average Bonchev–Trinajstić information content (AvgIpc) is 3.23. The van der Waals surface area contributed by atoms with E-state index in [4.69, 9.17) is 0 Å². The molecule has 27 heavy (non-hydrogen) atoms. The molecule has 2 heterocycles. The molecule has 0 aliphatic heterocycles. The van der Waals surface area contributed by atoms with Gasteiger partial charge in [-0.25, -0.2) is 4.98 Å². The highest BCUT2D eigenvalue weighted by molar-refractivity contribution is 7.12. The van der Waals surface area contributed by atoms with E-state index in [0.717, 1.165) is 35.0 Å². The summed E-state index contributed by atoms with van der Waals surface area (Å²) in [5.74, 6) is 0.983. The number of benzene rings is 1. The van der Waals surface area contributed by atoms with Crippen molar-refractivity contribution in [3.63, 3.8) is 0 Å². The Kier molecular flexibility index (Phi) is 6.24. The number of carbonyl (C=O) groups excluding carboxylic acids is 1. The van der Waals surface area contributed by atoms with Gasteiger partial charge in [-0.2, -0.15) is 0 Å². The predicted octanol–water partition coefficient (Wildman–Crippen LogP) is 5.14. The maximum Gasteiger partial charge on any atom is 0.268 e. The van der Waals surface area contributed by atoms with Crippen LogP contribution in [0, 0.1) is 6.92 Å². The summed E-state index contributed by atoms with van der Waals surface area (Å²) in [6.45, 7) is 8.64. The lowest BCUT2D eigenvalue weighted by atomic mass is 10.2. The summed E-state index contributed by atoms with van der Waals surface area (Å²) in [5, 5.41) is 1.93. The minimum atomic E-state index is 0.0154. The number of aryl methyl sites for hydroxylation is 1. The first-order valence-corrected chi connectivity index (χ1v) is 10.1. The van der Waals surface area contributed by atoms with Gasteiger partial charge in [0.1, 0.15) is 5.82 Å². The van der Waals surface area contributed by atoms with Gasteiger partial charge in [0.2, 0.25) is 0 Å². The van der Waals surface area contributed by atoms with Crippen LogP contribution < -0.4 is 9.80 Å². The molecule has 0 N–H and O–H groups in total. The second kappa shape index (κ2) is 8.82. The molecule has 0 bridgehead atoms. The molecule has 140 valence electrons. The van der Waals surface area contributed by atoms with Crippen LogP contribution in [-0.2, 0) is 6.54 Å². The first-order chi connectivity index (χ1) is 13.1. The summed E-state index contributed by atoms with van der Waals surface area (Å²) in [5.41, 5.74) is 3.08. The van der Waals surface area contributed by atoms with Crippen LogP contribution in [0.3, 0.4) is 0 Å². The van der Waals surface area contributed by atoms with Gasteiger partial charge in [0.25, 0.3) is 5.91 Å². The second-order valence-electron chi connectivity index (χ2n) is 6.40. The van der Waals surface area contributed by atoms with Gasteiger partial charge in [0.05, 0.1) is 11.4 Å². The molecule has 1 aromatic carbocycles. The summed E-state index contributed by atoms with van der Waals surface area (Å²) in [6, 6.07) is 15.9. The third kappa shape index (κ3) is 4.55. The third-order valence-electron chi connectivity index (χ3n) is 4.56. The van der Waals surface area contributed by atoms with Gasteiger partial charge in [-0.1, -0.05) is 29.8 Å². The van der Waals surface area contributed by atoms with Crippen LogP contribution in [0.25, 0.3) is 0 Å². The molecule has 0 radical (unpaired) electrons. The van der Waals surface area contributed by atoms with Crippen molar-refractivity contribution in [2.75, 3.05) is 22.9 Å². The molecule has 0 aliphatic carbocycles. The quantitative estimate of drug-likeness (QED) is 0.570. The highest BCUT2D eigenvalue weighted by Gasteiger charge is 2.19. The Labute approximate surface area is 165 Å². The lowest BCUT2D eigenvalue weighted by Crippen LogP contribution is -2.30. The van der Waals surface area contributed by atoms with E-state index in [1.165, 1.54) is 16.9 Å². The van der Waals surface area contributed by atoms with Crippen LogP contribution in [0.1, 0.15) is 34.6 Å². The van der Waals surface area contributed by atoms with Gasteiger partial charge in [-0.05, 0) is 56.0 Å². The van der Waals surface area contributed by atoms with Crippen molar-refractivity contribution >= 4 is 28.7 Å². The van der Waals surface area contributed by atoms with Gasteiger partial charge in [0, 0.05) is 25.0 Å². The predicted molar refractivity (Wildman–Crippen MR) is 114 cm³/mol. The molecule has 2 aromatic heterocycles. The van der Waals surface area contributed by atoms with Crippen LogP contribution in [-0.4, -0.2) is 24.0 Å². The average molecular weight is 380 g/mol. The van der Waals surface area contributed by atoms with Crippen molar-refractivity contribution in [3.8, 4) is 0 Å². The number of anilines is 2. The van der Waals surface area contributed by atoms with Crippen molar-refractivity contribution in [3.05, 3.63) is 76.1 Å². The molecule has 3 rings (SSSR count). The van der Waals surface area contributed by atoms with Crippen molar-refractivity contribution in [2.45, 2.75) is 27.3 Å². The fraction of sp³-hybridized carbons (Fsp3) is 0.273. The van der Waals surface area contributed by atoms with Gasteiger partial charge >= 0.3 is 0 Å². The Morgan fingerprint density at radius 1 is 1.04 bits per heavy atom. The molecule has 0 saturated heterocycles. The summed E-state index contributed by atoms with van der Waals surface area (Å²) in [6.07, 6.45) is 1.87. The number of amides is 1. The number of pyridine rings is 1. The largest absolute Gasteiger partial charge is 0.357 e. The van der Waals surface area contributed by atoms with Crippen LogP contribution in [0.2, 0.25) is 0 Å². The number of hydrogen-bond acceptors (Lipinski definition) is 4. The number of thiophene rings is 1. The Morgan fingerprint density at radius 2 is 1.78 bits per heavy atom. The number of rotatable bonds is 7. The summed E-state index contributed by atoms with van der Waals surface area (Å²) >= 11 is 1.47. The zero-order valence-electron chi connectivity index (χ0n) is 16.1. The standard InChI is InChI=1S/C22H25N3OS/c1-4-24(5-2)21-13-10-18(15-23-21)16-25(19-11-8-17(3)9-12-19)22(26)20-7-6-14-27-20/h6-15H,4-5,16H2,1-3H3. The van der Waals surface area contributed by atoms with E-state index < -0.39 is 0 Å². The molecule has 0 spiro atoms. The topological polar surface area (TPSA) is 36.4 Å². The minimum Gasteiger partial charge on any atom is -0.357 e. The minimum absolute atomic E-state index is 0.0154. The van der Waals surface area contributed by atoms with E-state index >= 15 is 0 Å². The van der Waals surface area contributed by atoms with Crippen LogP contribution >= 0.6 is 11.3 Å². The fourth-order valence-corrected chi connectivity index (χ4v) is 3.64.